The molecule has 108 valence electrons. The molecule has 1 unspecified atom stereocenters. The van der Waals surface area contributed by atoms with Gasteiger partial charge in [0.15, 0.2) is 0 Å². The van der Waals surface area contributed by atoms with Crippen LogP contribution in [0, 0.1) is 6.92 Å². The lowest BCUT2D eigenvalue weighted by atomic mass is 10.0. The number of aryl methyl sites for hydroxylation is 1. The van der Waals surface area contributed by atoms with E-state index < -0.39 is 0 Å². The Hall–Kier alpha value is -0.900. The minimum absolute atomic E-state index is 0.341. The summed E-state index contributed by atoms with van der Waals surface area (Å²) in [5.74, 6) is 0. The van der Waals surface area contributed by atoms with Crippen LogP contribution in [0.15, 0.2) is 24.3 Å². The van der Waals surface area contributed by atoms with Crippen LogP contribution in [-0.4, -0.2) is 50.1 Å². The normalized spacial score (nSPS) is 13.2. The van der Waals surface area contributed by atoms with Gasteiger partial charge in [0.1, 0.15) is 0 Å². The molecule has 2 N–H and O–H groups in total. The van der Waals surface area contributed by atoms with Crippen LogP contribution in [-0.2, 0) is 0 Å². The predicted molar refractivity (Wildman–Crippen MR) is 83.4 cm³/mol. The Balaban J connectivity index is 2.66. The van der Waals surface area contributed by atoms with Crippen molar-refractivity contribution in [1.82, 2.24) is 9.80 Å². The summed E-state index contributed by atoms with van der Waals surface area (Å²) in [5.41, 5.74) is 8.63. The topological polar surface area (TPSA) is 32.5 Å². The van der Waals surface area contributed by atoms with Crippen LogP contribution in [0.25, 0.3) is 0 Å². The van der Waals surface area contributed by atoms with Gasteiger partial charge in [0.2, 0.25) is 0 Å². The van der Waals surface area contributed by atoms with E-state index in [0.29, 0.717) is 12.6 Å². The number of nitrogens with zero attached hydrogens (tertiary/aromatic N) is 2. The largest absolute Gasteiger partial charge is 0.329 e. The summed E-state index contributed by atoms with van der Waals surface area (Å²) >= 11 is 0. The molecule has 19 heavy (non-hydrogen) atoms. The first-order valence-electron chi connectivity index (χ1n) is 7.23. The zero-order valence-corrected chi connectivity index (χ0v) is 12.9. The molecule has 1 aromatic rings. The van der Waals surface area contributed by atoms with Gasteiger partial charge in [-0.2, -0.15) is 0 Å². The first-order chi connectivity index (χ1) is 9.08. The predicted octanol–water partition coefficient (Wildman–Crippen LogP) is 2.27. The summed E-state index contributed by atoms with van der Waals surface area (Å²) in [7, 11) is 4.24. The Kier molecular flexibility index (Phi) is 7.06. The van der Waals surface area contributed by atoms with Crippen molar-refractivity contribution < 1.29 is 0 Å². The van der Waals surface area contributed by atoms with Gasteiger partial charge in [-0.05, 0) is 46.1 Å². The number of hydrogen-bond donors (Lipinski definition) is 1. The van der Waals surface area contributed by atoms with E-state index in [-0.39, 0.29) is 0 Å². The summed E-state index contributed by atoms with van der Waals surface area (Å²) < 4.78 is 0. The highest BCUT2D eigenvalue weighted by molar-refractivity contribution is 5.24. The number of benzene rings is 1. The molecule has 0 aromatic heterocycles. The summed E-state index contributed by atoms with van der Waals surface area (Å²) in [5, 5.41) is 0. The van der Waals surface area contributed by atoms with Gasteiger partial charge in [0, 0.05) is 19.1 Å². The third kappa shape index (κ3) is 5.31. The maximum atomic E-state index is 6.00. The Morgan fingerprint density at radius 2 is 1.74 bits per heavy atom. The Morgan fingerprint density at radius 1 is 1.11 bits per heavy atom. The summed E-state index contributed by atoms with van der Waals surface area (Å²) in [6, 6.07) is 9.10. The van der Waals surface area contributed by atoms with Crippen molar-refractivity contribution in [3.8, 4) is 0 Å². The molecule has 0 saturated heterocycles. The second-order valence-corrected chi connectivity index (χ2v) is 5.45. The molecule has 0 aliphatic rings. The summed E-state index contributed by atoms with van der Waals surface area (Å²) in [4.78, 5) is 4.71. The van der Waals surface area contributed by atoms with Crippen molar-refractivity contribution in [2.45, 2.75) is 26.3 Å². The van der Waals surface area contributed by atoms with E-state index >= 15 is 0 Å². The van der Waals surface area contributed by atoms with Gasteiger partial charge < -0.3 is 10.6 Å². The fraction of sp³-hybridized carbons (Fsp3) is 0.625. The number of likely N-dealkylation sites (N-methyl/N-ethyl adjacent to an activating group) is 1. The van der Waals surface area contributed by atoms with Crippen molar-refractivity contribution in [1.29, 1.82) is 0 Å². The van der Waals surface area contributed by atoms with Gasteiger partial charge in [0.05, 0.1) is 0 Å². The first kappa shape index (κ1) is 16.2. The molecule has 0 amide bonds. The third-order valence-corrected chi connectivity index (χ3v) is 3.58. The van der Waals surface area contributed by atoms with Crippen LogP contribution in [0.4, 0.5) is 0 Å². The van der Waals surface area contributed by atoms with Crippen LogP contribution in [0.2, 0.25) is 0 Å². The van der Waals surface area contributed by atoms with Gasteiger partial charge in [-0.3, -0.25) is 4.90 Å². The molecule has 0 spiro atoms. The molecule has 0 bridgehead atoms. The molecule has 0 aliphatic carbocycles. The van der Waals surface area contributed by atoms with E-state index in [4.69, 9.17) is 5.73 Å². The lowest BCUT2D eigenvalue weighted by Crippen LogP contribution is -2.35. The number of hydrogen-bond acceptors (Lipinski definition) is 3. The summed E-state index contributed by atoms with van der Waals surface area (Å²) in [6.45, 7) is 8.29. The van der Waals surface area contributed by atoms with E-state index in [1.165, 1.54) is 17.5 Å². The van der Waals surface area contributed by atoms with Crippen LogP contribution < -0.4 is 5.73 Å². The van der Waals surface area contributed by atoms with Crippen molar-refractivity contribution in [3.05, 3.63) is 35.4 Å². The maximum absolute atomic E-state index is 6.00. The molecular formula is C16H29N3. The van der Waals surface area contributed by atoms with Crippen molar-refractivity contribution >= 4 is 0 Å². The van der Waals surface area contributed by atoms with Gasteiger partial charge in [-0.15, -0.1) is 0 Å². The van der Waals surface area contributed by atoms with Crippen molar-refractivity contribution in [3.63, 3.8) is 0 Å². The average Bonchev–Trinajstić information content (AvgIpc) is 2.39. The van der Waals surface area contributed by atoms with Crippen LogP contribution in [0.1, 0.15) is 30.5 Å². The number of nitrogens with two attached hydrogens (primary N) is 1. The van der Waals surface area contributed by atoms with Crippen molar-refractivity contribution in [2.24, 2.45) is 5.73 Å². The quantitative estimate of drug-likeness (QED) is 0.781. The van der Waals surface area contributed by atoms with E-state index in [2.05, 4.69) is 62.0 Å². The zero-order valence-electron chi connectivity index (χ0n) is 12.9. The molecule has 0 radical (unpaired) electrons. The van der Waals surface area contributed by atoms with Crippen LogP contribution in [0.5, 0.6) is 0 Å². The molecule has 0 heterocycles. The monoisotopic (exact) mass is 263 g/mol. The van der Waals surface area contributed by atoms with E-state index in [0.717, 1.165) is 19.6 Å². The molecule has 0 aliphatic heterocycles. The second kappa shape index (κ2) is 8.31. The standard InChI is InChI=1S/C16H29N3/c1-5-19(12-6-11-18(3)4)16(13-17)15-9-7-14(2)8-10-15/h7-10,16H,5-6,11-13,17H2,1-4H3. The minimum Gasteiger partial charge on any atom is -0.329 e. The molecular weight excluding hydrogens is 234 g/mol. The lowest BCUT2D eigenvalue weighted by molar-refractivity contribution is 0.201. The molecule has 0 saturated carbocycles. The van der Waals surface area contributed by atoms with E-state index in [9.17, 15) is 0 Å². The summed E-state index contributed by atoms with van der Waals surface area (Å²) in [6.07, 6.45) is 1.18. The smallest absolute Gasteiger partial charge is 0.0470 e. The molecule has 1 atom stereocenters. The minimum atomic E-state index is 0.341. The first-order valence-corrected chi connectivity index (χ1v) is 7.23. The number of rotatable bonds is 8. The molecule has 1 rings (SSSR count). The van der Waals surface area contributed by atoms with Crippen LogP contribution >= 0.6 is 0 Å². The second-order valence-electron chi connectivity index (χ2n) is 5.45. The Bertz CT molecular complexity index is 346. The molecule has 0 fully saturated rings. The highest BCUT2D eigenvalue weighted by atomic mass is 15.2. The highest BCUT2D eigenvalue weighted by Crippen LogP contribution is 2.20. The Morgan fingerprint density at radius 3 is 2.21 bits per heavy atom. The molecule has 3 heteroatoms. The van der Waals surface area contributed by atoms with Gasteiger partial charge >= 0.3 is 0 Å². The van der Waals surface area contributed by atoms with Gasteiger partial charge in [-0.25, -0.2) is 0 Å². The van der Waals surface area contributed by atoms with Gasteiger partial charge in [-0.1, -0.05) is 36.8 Å². The van der Waals surface area contributed by atoms with Crippen molar-refractivity contribution in [2.75, 3.05) is 40.3 Å². The van der Waals surface area contributed by atoms with Crippen LogP contribution in [0.3, 0.4) is 0 Å². The van der Waals surface area contributed by atoms with E-state index in [1.54, 1.807) is 0 Å². The SMILES string of the molecule is CCN(CCCN(C)C)C(CN)c1ccc(C)cc1. The Labute approximate surface area is 118 Å². The fourth-order valence-corrected chi connectivity index (χ4v) is 2.41. The molecule has 1 aromatic carbocycles. The maximum Gasteiger partial charge on any atom is 0.0470 e. The highest BCUT2D eigenvalue weighted by Gasteiger charge is 2.17. The van der Waals surface area contributed by atoms with Gasteiger partial charge in [0.25, 0.3) is 0 Å². The zero-order chi connectivity index (χ0) is 14.3. The lowest BCUT2D eigenvalue weighted by Gasteiger charge is -2.30. The average molecular weight is 263 g/mol. The fourth-order valence-electron chi connectivity index (χ4n) is 2.41. The molecule has 3 nitrogen and oxygen atoms in total. The van der Waals surface area contributed by atoms with E-state index in [1.807, 2.05) is 0 Å². The third-order valence-electron chi connectivity index (χ3n) is 3.58.